The molecule has 0 saturated carbocycles. The van der Waals surface area contributed by atoms with Crippen molar-refractivity contribution in [3.05, 3.63) is 46.1 Å². The van der Waals surface area contributed by atoms with Crippen LogP contribution in [0.2, 0.25) is 0 Å². The monoisotopic (exact) mass is 265 g/mol. The highest BCUT2D eigenvalue weighted by atomic mass is 14.8. The summed E-state index contributed by atoms with van der Waals surface area (Å²) < 4.78 is 0. The van der Waals surface area contributed by atoms with Gasteiger partial charge in [0, 0.05) is 11.3 Å². The summed E-state index contributed by atoms with van der Waals surface area (Å²) in [5, 5.41) is 9.42. The Morgan fingerprint density at radius 2 is 1.95 bits per heavy atom. The second-order valence-corrected chi connectivity index (χ2v) is 5.10. The fraction of sp³-hybridized carbons (Fsp3) is 0.294. The van der Waals surface area contributed by atoms with Gasteiger partial charge in [0.15, 0.2) is 0 Å². The molecule has 0 aliphatic heterocycles. The highest BCUT2D eigenvalue weighted by molar-refractivity contribution is 5.80. The fourth-order valence-electron chi connectivity index (χ4n) is 2.63. The Kier molecular flexibility index (Phi) is 3.76. The molecule has 2 N–H and O–H groups in total. The molecule has 0 radical (unpaired) electrons. The molecule has 1 aromatic heterocycles. The van der Waals surface area contributed by atoms with Crippen LogP contribution in [0.5, 0.6) is 0 Å². The van der Waals surface area contributed by atoms with Crippen molar-refractivity contribution in [1.82, 2.24) is 4.98 Å². The molecule has 0 saturated heterocycles. The first-order valence-electron chi connectivity index (χ1n) is 6.76. The Balaban J connectivity index is 2.85. The SMILES string of the molecule is CCc1nc(N)c(C#N)c(-c2ccc(C)cc2C)c1C. The van der Waals surface area contributed by atoms with Gasteiger partial charge in [0.25, 0.3) is 0 Å². The minimum atomic E-state index is 0.324. The van der Waals surface area contributed by atoms with E-state index in [0.717, 1.165) is 34.4 Å². The second-order valence-electron chi connectivity index (χ2n) is 5.10. The van der Waals surface area contributed by atoms with Crippen molar-refractivity contribution >= 4 is 5.82 Å². The third kappa shape index (κ3) is 2.25. The number of rotatable bonds is 2. The lowest BCUT2D eigenvalue weighted by Crippen LogP contribution is -2.05. The van der Waals surface area contributed by atoms with Crippen LogP contribution in [0.25, 0.3) is 11.1 Å². The molecule has 102 valence electrons. The molecule has 0 aliphatic carbocycles. The molecule has 0 aliphatic rings. The van der Waals surface area contributed by atoms with E-state index in [9.17, 15) is 5.26 Å². The third-order valence-corrected chi connectivity index (χ3v) is 3.67. The molecular weight excluding hydrogens is 246 g/mol. The molecule has 0 fully saturated rings. The standard InChI is InChI=1S/C17H19N3/c1-5-15-12(4)16(14(9-18)17(19)20-15)13-7-6-10(2)8-11(13)3/h6-8H,5H2,1-4H3,(H2,19,20). The van der Waals surface area contributed by atoms with Crippen LogP contribution in [0.1, 0.15) is 34.9 Å². The number of nitrogens with two attached hydrogens (primary N) is 1. The molecular formula is C17H19N3. The topological polar surface area (TPSA) is 62.7 Å². The number of hydrogen-bond acceptors (Lipinski definition) is 3. The van der Waals surface area contributed by atoms with Gasteiger partial charge in [-0.05, 0) is 43.9 Å². The van der Waals surface area contributed by atoms with E-state index in [0.29, 0.717) is 11.4 Å². The molecule has 0 amide bonds. The molecule has 0 bridgehead atoms. The summed E-state index contributed by atoms with van der Waals surface area (Å²) in [5.41, 5.74) is 12.8. The van der Waals surface area contributed by atoms with Crippen LogP contribution in [0.4, 0.5) is 5.82 Å². The first-order valence-corrected chi connectivity index (χ1v) is 6.76. The van der Waals surface area contributed by atoms with Crippen LogP contribution < -0.4 is 5.73 Å². The van der Waals surface area contributed by atoms with Crippen molar-refractivity contribution in [2.24, 2.45) is 0 Å². The number of nitriles is 1. The highest BCUT2D eigenvalue weighted by Gasteiger charge is 2.17. The molecule has 0 spiro atoms. The first-order chi connectivity index (χ1) is 9.49. The van der Waals surface area contributed by atoms with E-state index in [2.05, 4.69) is 43.1 Å². The highest BCUT2D eigenvalue weighted by Crippen LogP contribution is 2.34. The minimum Gasteiger partial charge on any atom is -0.383 e. The van der Waals surface area contributed by atoms with Gasteiger partial charge in [-0.15, -0.1) is 0 Å². The van der Waals surface area contributed by atoms with Gasteiger partial charge in [-0.25, -0.2) is 4.98 Å². The normalized spacial score (nSPS) is 10.3. The Hall–Kier alpha value is -2.34. The van der Waals surface area contributed by atoms with Crippen LogP contribution in [0, 0.1) is 32.1 Å². The van der Waals surface area contributed by atoms with E-state index in [1.807, 2.05) is 13.8 Å². The molecule has 0 unspecified atom stereocenters. The molecule has 2 aromatic rings. The average molecular weight is 265 g/mol. The summed E-state index contributed by atoms with van der Waals surface area (Å²) in [6.07, 6.45) is 0.805. The number of pyridine rings is 1. The zero-order chi connectivity index (χ0) is 14.9. The summed E-state index contributed by atoms with van der Waals surface area (Å²) in [5.74, 6) is 0.324. The van der Waals surface area contributed by atoms with Crippen molar-refractivity contribution in [2.75, 3.05) is 5.73 Å². The van der Waals surface area contributed by atoms with E-state index in [4.69, 9.17) is 5.73 Å². The summed E-state index contributed by atoms with van der Waals surface area (Å²) in [7, 11) is 0. The summed E-state index contributed by atoms with van der Waals surface area (Å²) in [6, 6.07) is 8.45. The van der Waals surface area contributed by atoms with Crippen molar-refractivity contribution in [2.45, 2.75) is 34.1 Å². The molecule has 3 nitrogen and oxygen atoms in total. The molecule has 20 heavy (non-hydrogen) atoms. The number of nitrogen functional groups attached to an aromatic ring is 1. The Morgan fingerprint density at radius 3 is 2.50 bits per heavy atom. The zero-order valence-corrected chi connectivity index (χ0v) is 12.4. The summed E-state index contributed by atoms with van der Waals surface area (Å²) in [4.78, 5) is 4.35. The average Bonchev–Trinajstić information content (AvgIpc) is 2.41. The van der Waals surface area contributed by atoms with Gasteiger partial charge in [0.1, 0.15) is 17.5 Å². The van der Waals surface area contributed by atoms with Crippen LogP contribution in [-0.2, 0) is 6.42 Å². The number of aryl methyl sites for hydroxylation is 3. The lowest BCUT2D eigenvalue weighted by Gasteiger charge is -2.16. The molecule has 2 rings (SSSR count). The van der Waals surface area contributed by atoms with E-state index >= 15 is 0 Å². The largest absolute Gasteiger partial charge is 0.383 e. The quantitative estimate of drug-likeness (QED) is 0.900. The van der Waals surface area contributed by atoms with Crippen molar-refractivity contribution < 1.29 is 0 Å². The van der Waals surface area contributed by atoms with Gasteiger partial charge >= 0.3 is 0 Å². The van der Waals surface area contributed by atoms with Crippen molar-refractivity contribution in [3.63, 3.8) is 0 Å². The number of hydrogen-bond donors (Lipinski definition) is 1. The maximum Gasteiger partial charge on any atom is 0.142 e. The molecule has 1 heterocycles. The summed E-state index contributed by atoms with van der Waals surface area (Å²) >= 11 is 0. The van der Waals surface area contributed by atoms with E-state index in [1.165, 1.54) is 5.56 Å². The molecule has 3 heteroatoms. The van der Waals surface area contributed by atoms with E-state index < -0.39 is 0 Å². The van der Waals surface area contributed by atoms with Crippen LogP contribution in [0.15, 0.2) is 18.2 Å². The smallest absolute Gasteiger partial charge is 0.142 e. The third-order valence-electron chi connectivity index (χ3n) is 3.67. The predicted octanol–water partition coefficient (Wildman–Crippen LogP) is 3.69. The van der Waals surface area contributed by atoms with Crippen molar-refractivity contribution in [1.29, 1.82) is 5.26 Å². The van der Waals surface area contributed by atoms with Crippen LogP contribution in [0.3, 0.4) is 0 Å². The summed E-state index contributed by atoms with van der Waals surface area (Å²) in [6.45, 7) is 8.19. The van der Waals surface area contributed by atoms with E-state index in [1.54, 1.807) is 0 Å². The number of aromatic nitrogens is 1. The fourth-order valence-corrected chi connectivity index (χ4v) is 2.63. The minimum absolute atomic E-state index is 0.324. The number of anilines is 1. The second kappa shape index (κ2) is 5.34. The maximum atomic E-state index is 9.42. The van der Waals surface area contributed by atoms with Crippen LogP contribution in [-0.4, -0.2) is 4.98 Å². The maximum absolute atomic E-state index is 9.42. The molecule has 0 atom stereocenters. The Morgan fingerprint density at radius 1 is 1.25 bits per heavy atom. The van der Waals surface area contributed by atoms with Gasteiger partial charge in [0.05, 0.1) is 0 Å². The first kappa shape index (κ1) is 14.1. The number of benzene rings is 1. The lowest BCUT2D eigenvalue weighted by molar-refractivity contribution is 1.01. The molecule has 1 aromatic carbocycles. The van der Waals surface area contributed by atoms with Crippen LogP contribution >= 0.6 is 0 Å². The van der Waals surface area contributed by atoms with Gasteiger partial charge < -0.3 is 5.73 Å². The number of nitrogens with zero attached hydrogens (tertiary/aromatic N) is 2. The zero-order valence-electron chi connectivity index (χ0n) is 12.4. The van der Waals surface area contributed by atoms with E-state index in [-0.39, 0.29) is 0 Å². The Labute approximate surface area is 120 Å². The van der Waals surface area contributed by atoms with Gasteiger partial charge in [-0.3, -0.25) is 0 Å². The van der Waals surface area contributed by atoms with Gasteiger partial charge in [-0.2, -0.15) is 5.26 Å². The predicted molar refractivity (Wildman–Crippen MR) is 82.4 cm³/mol. The van der Waals surface area contributed by atoms with Gasteiger partial charge in [0.2, 0.25) is 0 Å². The Bertz CT molecular complexity index is 708. The lowest BCUT2D eigenvalue weighted by atomic mass is 9.91. The van der Waals surface area contributed by atoms with Crippen molar-refractivity contribution in [3.8, 4) is 17.2 Å². The van der Waals surface area contributed by atoms with Gasteiger partial charge in [-0.1, -0.05) is 30.7 Å².